The lowest BCUT2D eigenvalue weighted by Gasteiger charge is -2.08. The second kappa shape index (κ2) is 5.32. The molecule has 0 spiro atoms. The SMILES string of the molecule is CCCCOc1ccc(O)c(Cl)c1Cl. The molecule has 1 aromatic carbocycles. The van der Waals surface area contributed by atoms with Gasteiger partial charge in [-0.1, -0.05) is 36.5 Å². The number of aromatic hydroxyl groups is 1. The Labute approximate surface area is 93.4 Å². The van der Waals surface area contributed by atoms with Crippen LogP contribution in [0.15, 0.2) is 12.1 Å². The van der Waals surface area contributed by atoms with Crippen LogP contribution in [-0.4, -0.2) is 11.7 Å². The Morgan fingerprint density at radius 1 is 1.29 bits per heavy atom. The van der Waals surface area contributed by atoms with Gasteiger partial charge in [0.1, 0.15) is 21.5 Å². The maximum atomic E-state index is 9.22. The lowest BCUT2D eigenvalue weighted by molar-refractivity contribution is 0.309. The van der Waals surface area contributed by atoms with Gasteiger partial charge < -0.3 is 9.84 Å². The van der Waals surface area contributed by atoms with Gasteiger partial charge in [0, 0.05) is 0 Å². The summed E-state index contributed by atoms with van der Waals surface area (Å²) in [4.78, 5) is 0. The molecule has 0 bridgehead atoms. The zero-order valence-corrected chi connectivity index (χ0v) is 9.40. The average molecular weight is 235 g/mol. The van der Waals surface area contributed by atoms with E-state index < -0.39 is 0 Å². The number of benzene rings is 1. The molecule has 0 aliphatic heterocycles. The number of hydrogen-bond acceptors (Lipinski definition) is 2. The minimum Gasteiger partial charge on any atom is -0.506 e. The minimum absolute atomic E-state index is 0.0282. The Hall–Kier alpha value is -0.600. The molecule has 0 unspecified atom stereocenters. The van der Waals surface area contributed by atoms with Crippen molar-refractivity contribution >= 4 is 23.2 Å². The van der Waals surface area contributed by atoms with Crippen LogP contribution in [0.4, 0.5) is 0 Å². The predicted octanol–water partition coefficient (Wildman–Crippen LogP) is 3.88. The summed E-state index contributed by atoms with van der Waals surface area (Å²) in [6, 6.07) is 3.08. The number of phenols is 1. The molecule has 1 aromatic rings. The van der Waals surface area contributed by atoms with E-state index in [1.807, 2.05) is 0 Å². The van der Waals surface area contributed by atoms with E-state index in [-0.39, 0.29) is 15.8 Å². The summed E-state index contributed by atoms with van der Waals surface area (Å²) in [5.74, 6) is 0.488. The molecule has 0 saturated heterocycles. The van der Waals surface area contributed by atoms with Crippen LogP contribution in [0.3, 0.4) is 0 Å². The highest BCUT2D eigenvalue weighted by Gasteiger charge is 2.09. The van der Waals surface area contributed by atoms with E-state index in [0.717, 1.165) is 12.8 Å². The Balaban J connectivity index is 2.73. The average Bonchev–Trinajstić information content (AvgIpc) is 2.18. The molecule has 0 aliphatic carbocycles. The third-order valence-electron chi connectivity index (χ3n) is 1.78. The van der Waals surface area contributed by atoms with Crippen LogP contribution in [0.5, 0.6) is 11.5 Å². The summed E-state index contributed by atoms with van der Waals surface area (Å²) in [5, 5.41) is 9.63. The highest BCUT2D eigenvalue weighted by atomic mass is 35.5. The Bertz CT molecular complexity index is 313. The second-order valence-corrected chi connectivity index (χ2v) is 3.67. The van der Waals surface area contributed by atoms with E-state index in [0.29, 0.717) is 12.4 Å². The molecule has 14 heavy (non-hydrogen) atoms. The van der Waals surface area contributed by atoms with Gasteiger partial charge in [-0.2, -0.15) is 0 Å². The Morgan fingerprint density at radius 3 is 2.64 bits per heavy atom. The summed E-state index contributed by atoms with van der Waals surface area (Å²) >= 11 is 11.6. The largest absolute Gasteiger partial charge is 0.506 e. The van der Waals surface area contributed by atoms with Gasteiger partial charge in [0.05, 0.1) is 6.61 Å². The zero-order valence-electron chi connectivity index (χ0n) is 7.89. The second-order valence-electron chi connectivity index (χ2n) is 2.91. The maximum Gasteiger partial charge on any atom is 0.139 e. The van der Waals surface area contributed by atoms with Crippen molar-refractivity contribution in [3.05, 3.63) is 22.2 Å². The molecule has 78 valence electrons. The summed E-state index contributed by atoms with van der Waals surface area (Å²) in [6.07, 6.45) is 2.03. The molecule has 1 rings (SSSR count). The first kappa shape index (κ1) is 11.5. The fourth-order valence-electron chi connectivity index (χ4n) is 0.959. The van der Waals surface area contributed by atoms with Gasteiger partial charge >= 0.3 is 0 Å². The molecule has 0 saturated carbocycles. The van der Waals surface area contributed by atoms with Crippen molar-refractivity contribution in [2.24, 2.45) is 0 Å². The van der Waals surface area contributed by atoms with Crippen LogP contribution in [0.2, 0.25) is 10.0 Å². The third kappa shape index (κ3) is 2.69. The standard InChI is InChI=1S/C10H12Cl2O2/c1-2-3-6-14-8-5-4-7(13)9(11)10(8)12/h4-5,13H,2-3,6H2,1H3. The molecule has 1 N–H and O–H groups in total. The van der Waals surface area contributed by atoms with Gasteiger partial charge in [-0.15, -0.1) is 0 Å². The number of halogens is 2. The predicted molar refractivity (Wildman–Crippen MR) is 58.5 cm³/mol. The van der Waals surface area contributed by atoms with E-state index >= 15 is 0 Å². The zero-order chi connectivity index (χ0) is 10.6. The summed E-state index contributed by atoms with van der Waals surface area (Å²) in [6.45, 7) is 2.69. The highest BCUT2D eigenvalue weighted by Crippen LogP contribution is 2.37. The lowest BCUT2D eigenvalue weighted by Crippen LogP contribution is -1.96. The first-order valence-electron chi connectivity index (χ1n) is 4.46. The van der Waals surface area contributed by atoms with Gasteiger partial charge in [0.15, 0.2) is 0 Å². The van der Waals surface area contributed by atoms with Crippen molar-refractivity contribution in [1.82, 2.24) is 0 Å². The van der Waals surface area contributed by atoms with Gasteiger partial charge in [-0.25, -0.2) is 0 Å². The van der Waals surface area contributed by atoms with Gasteiger partial charge in [0.25, 0.3) is 0 Å². The first-order valence-corrected chi connectivity index (χ1v) is 5.22. The molecule has 0 atom stereocenters. The molecule has 0 fully saturated rings. The number of ether oxygens (including phenoxy) is 1. The monoisotopic (exact) mass is 234 g/mol. The molecular weight excluding hydrogens is 223 g/mol. The van der Waals surface area contributed by atoms with Crippen LogP contribution < -0.4 is 4.74 Å². The van der Waals surface area contributed by atoms with Crippen molar-refractivity contribution in [2.45, 2.75) is 19.8 Å². The topological polar surface area (TPSA) is 29.5 Å². The Kier molecular flexibility index (Phi) is 4.36. The van der Waals surface area contributed by atoms with Gasteiger partial charge in [0.2, 0.25) is 0 Å². The van der Waals surface area contributed by atoms with Crippen LogP contribution in [0.25, 0.3) is 0 Å². The molecule has 0 radical (unpaired) electrons. The van der Waals surface area contributed by atoms with Crippen LogP contribution in [-0.2, 0) is 0 Å². The lowest BCUT2D eigenvalue weighted by atomic mass is 10.3. The van der Waals surface area contributed by atoms with E-state index in [1.54, 1.807) is 6.07 Å². The molecule has 0 aliphatic rings. The number of phenolic OH excluding ortho intramolecular Hbond substituents is 1. The molecule has 0 amide bonds. The third-order valence-corrected chi connectivity index (χ3v) is 2.64. The quantitative estimate of drug-likeness (QED) is 0.802. The first-order chi connectivity index (χ1) is 6.66. The molecule has 0 heterocycles. The van der Waals surface area contributed by atoms with Gasteiger partial charge in [-0.3, -0.25) is 0 Å². The molecule has 2 nitrogen and oxygen atoms in total. The summed E-state index contributed by atoms with van der Waals surface area (Å²) in [7, 11) is 0. The molecular formula is C10H12Cl2O2. The normalized spacial score (nSPS) is 10.2. The Morgan fingerprint density at radius 2 is 2.00 bits per heavy atom. The molecule has 4 heteroatoms. The minimum atomic E-state index is -0.0282. The van der Waals surface area contributed by atoms with Crippen molar-refractivity contribution in [3.8, 4) is 11.5 Å². The van der Waals surface area contributed by atoms with Crippen molar-refractivity contribution in [2.75, 3.05) is 6.61 Å². The van der Waals surface area contributed by atoms with Crippen LogP contribution >= 0.6 is 23.2 Å². The van der Waals surface area contributed by atoms with Crippen molar-refractivity contribution < 1.29 is 9.84 Å². The van der Waals surface area contributed by atoms with E-state index in [1.165, 1.54) is 6.07 Å². The smallest absolute Gasteiger partial charge is 0.139 e. The summed E-state index contributed by atoms with van der Waals surface area (Å²) < 4.78 is 5.39. The van der Waals surface area contributed by atoms with E-state index in [9.17, 15) is 5.11 Å². The number of rotatable bonds is 4. The van der Waals surface area contributed by atoms with Crippen molar-refractivity contribution in [3.63, 3.8) is 0 Å². The maximum absolute atomic E-state index is 9.22. The van der Waals surface area contributed by atoms with Crippen LogP contribution in [0.1, 0.15) is 19.8 Å². The van der Waals surface area contributed by atoms with E-state index in [2.05, 4.69) is 6.92 Å². The molecule has 0 aromatic heterocycles. The highest BCUT2D eigenvalue weighted by molar-refractivity contribution is 6.43. The number of unbranched alkanes of at least 4 members (excludes halogenated alkanes) is 1. The fraction of sp³-hybridized carbons (Fsp3) is 0.400. The fourth-order valence-corrected chi connectivity index (χ4v) is 1.33. The van der Waals surface area contributed by atoms with E-state index in [4.69, 9.17) is 27.9 Å². The summed E-state index contributed by atoms with van der Waals surface area (Å²) in [5.41, 5.74) is 0. The number of hydrogen-bond donors (Lipinski definition) is 1. The van der Waals surface area contributed by atoms with Crippen LogP contribution in [0, 0.1) is 0 Å². The van der Waals surface area contributed by atoms with Crippen molar-refractivity contribution in [1.29, 1.82) is 0 Å². The van der Waals surface area contributed by atoms with Gasteiger partial charge in [-0.05, 0) is 18.6 Å².